The number of nitrogens with zero attached hydrogens (tertiary/aromatic N) is 4. The quantitative estimate of drug-likeness (QED) is 0.728. The van der Waals surface area contributed by atoms with Crippen molar-refractivity contribution in [3.05, 3.63) is 60.8 Å². The van der Waals surface area contributed by atoms with Crippen molar-refractivity contribution in [3.63, 3.8) is 0 Å². The number of carbonyl (C=O) groups excluding carboxylic acids is 1. The van der Waals surface area contributed by atoms with Crippen LogP contribution in [-0.4, -0.2) is 21.4 Å². The van der Waals surface area contributed by atoms with Crippen LogP contribution in [0.5, 0.6) is 0 Å². The van der Waals surface area contributed by atoms with E-state index in [0.29, 0.717) is 0 Å². The van der Waals surface area contributed by atoms with Crippen molar-refractivity contribution in [1.29, 1.82) is 0 Å². The molecule has 108 valence electrons. The minimum atomic E-state index is -0.479. The predicted molar refractivity (Wildman–Crippen MR) is 85.8 cm³/mol. The van der Waals surface area contributed by atoms with Crippen molar-refractivity contribution in [2.45, 2.75) is 13.0 Å². The lowest BCUT2D eigenvalue weighted by Crippen LogP contribution is -2.29. The molecule has 1 aromatic heterocycles. The summed E-state index contributed by atoms with van der Waals surface area (Å²) in [4.78, 5) is 12.7. The van der Waals surface area contributed by atoms with Gasteiger partial charge in [-0.3, -0.25) is 9.48 Å². The van der Waals surface area contributed by atoms with Crippen LogP contribution in [0.4, 0.5) is 5.69 Å². The summed E-state index contributed by atoms with van der Waals surface area (Å²) >= 11 is 0. The van der Waals surface area contributed by atoms with Crippen molar-refractivity contribution in [2.24, 2.45) is 5.10 Å². The highest BCUT2D eigenvalue weighted by Crippen LogP contribution is 2.27. The Morgan fingerprint density at radius 3 is 2.50 bits per heavy atom. The van der Waals surface area contributed by atoms with Crippen LogP contribution in [0.3, 0.4) is 0 Å². The van der Waals surface area contributed by atoms with E-state index in [2.05, 4.69) is 10.2 Å². The van der Waals surface area contributed by atoms with Crippen LogP contribution >= 0.6 is 0 Å². The molecule has 1 amide bonds. The standard InChI is InChI=1S/C17H14N4O/c1-12-16(20-11-13-7-5-6-10-15(13)19-20)17(22)21(18-12)14-8-3-2-4-9-14/h2-11,16H,1H3. The van der Waals surface area contributed by atoms with Crippen molar-refractivity contribution in [1.82, 2.24) is 9.78 Å². The zero-order chi connectivity index (χ0) is 15.1. The summed E-state index contributed by atoms with van der Waals surface area (Å²) in [6, 6.07) is 16.8. The monoisotopic (exact) mass is 290 g/mol. The van der Waals surface area contributed by atoms with E-state index in [-0.39, 0.29) is 5.91 Å². The third-order valence-electron chi connectivity index (χ3n) is 3.79. The molecule has 0 aliphatic carbocycles. The van der Waals surface area contributed by atoms with Gasteiger partial charge in [0.25, 0.3) is 5.91 Å². The lowest BCUT2D eigenvalue weighted by molar-refractivity contribution is -0.119. The highest BCUT2D eigenvalue weighted by atomic mass is 16.2. The molecular formula is C17H14N4O. The number of para-hydroxylation sites is 1. The molecule has 1 atom stereocenters. The summed E-state index contributed by atoms with van der Waals surface area (Å²) < 4.78 is 1.70. The summed E-state index contributed by atoms with van der Waals surface area (Å²) in [5.74, 6) is -0.0866. The third kappa shape index (κ3) is 1.90. The Kier molecular flexibility index (Phi) is 2.79. The van der Waals surface area contributed by atoms with Crippen LogP contribution in [0.15, 0.2) is 65.9 Å². The van der Waals surface area contributed by atoms with Gasteiger partial charge in [0.05, 0.1) is 16.9 Å². The summed E-state index contributed by atoms with van der Waals surface area (Å²) in [6.45, 7) is 1.86. The Bertz CT molecular complexity index is 849. The number of fused-ring (bicyclic) bond motifs is 1. The van der Waals surface area contributed by atoms with E-state index in [1.807, 2.05) is 67.7 Å². The zero-order valence-corrected chi connectivity index (χ0v) is 12.0. The lowest BCUT2D eigenvalue weighted by Gasteiger charge is -2.14. The molecule has 0 radical (unpaired) electrons. The van der Waals surface area contributed by atoms with Crippen LogP contribution < -0.4 is 5.01 Å². The van der Waals surface area contributed by atoms with E-state index >= 15 is 0 Å². The number of carbonyl (C=O) groups is 1. The average Bonchev–Trinajstić information content (AvgIpc) is 3.08. The van der Waals surface area contributed by atoms with Crippen LogP contribution in [0.1, 0.15) is 13.0 Å². The van der Waals surface area contributed by atoms with E-state index in [0.717, 1.165) is 22.3 Å². The molecule has 2 heterocycles. The summed E-state index contributed by atoms with van der Waals surface area (Å²) in [5.41, 5.74) is 2.38. The topological polar surface area (TPSA) is 50.5 Å². The van der Waals surface area contributed by atoms with Gasteiger partial charge in [-0.25, -0.2) is 0 Å². The number of hydrogen-bond acceptors (Lipinski definition) is 3. The molecule has 0 saturated heterocycles. The molecule has 0 saturated carbocycles. The first-order valence-corrected chi connectivity index (χ1v) is 7.12. The second-order valence-corrected chi connectivity index (χ2v) is 5.30. The first-order valence-electron chi connectivity index (χ1n) is 7.12. The molecule has 1 aliphatic heterocycles. The molecule has 4 rings (SSSR count). The summed E-state index contributed by atoms with van der Waals surface area (Å²) in [6.07, 6.45) is 1.89. The molecular weight excluding hydrogens is 276 g/mol. The molecule has 2 aromatic carbocycles. The van der Waals surface area contributed by atoms with Gasteiger partial charge in [0.2, 0.25) is 0 Å². The minimum absolute atomic E-state index is 0.0866. The largest absolute Gasteiger partial charge is 0.278 e. The third-order valence-corrected chi connectivity index (χ3v) is 3.79. The fourth-order valence-electron chi connectivity index (χ4n) is 2.73. The smallest absolute Gasteiger partial charge is 0.270 e. The van der Waals surface area contributed by atoms with E-state index in [9.17, 15) is 4.79 Å². The number of hydrogen-bond donors (Lipinski definition) is 0. The number of rotatable bonds is 2. The Labute approximate surface area is 127 Å². The molecule has 0 N–H and O–H groups in total. The van der Waals surface area contributed by atoms with Gasteiger partial charge in [-0.05, 0) is 25.1 Å². The second kappa shape index (κ2) is 4.80. The molecule has 3 aromatic rings. The molecule has 1 aliphatic rings. The Morgan fingerprint density at radius 1 is 1.00 bits per heavy atom. The summed E-state index contributed by atoms with van der Waals surface area (Å²) in [5, 5.41) is 11.4. The van der Waals surface area contributed by atoms with Crippen LogP contribution in [0.2, 0.25) is 0 Å². The minimum Gasteiger partial charge on any atom is -0.270 e. The molecule has 0 fully saturated rings. The predicted octanol–water partition coefficient (Wildman–Crippen LogP) is 3.00. The van der Waals surface area contributed by atoms with Gasteiger partial charge in [0.1, 0.15) is 0 Å². The van der Waals surface area contributed by atoms with Gasteiger partial charge in [-0.1, -0.05) is 36.4 Å². The molecule has 0 bridgehead atoms. The molecule has 0 spiro atoms. The second-order valence-electron chi connectivity index (χ2n) is 5.30. The average molecular weight is 290 g/mol. The van der Waals surface area contributed by atoms with Gasteiger partial charge in [0, 0.05) is 11.6 Å². The maximum Gasteiger partial charge on any atom is 0.278 e. The van der Waals surface area contributed by atoms with Crippen LogP contribution in [-0.2, 0) is 4.79 Å². The number of benzene rings is 2. The molecule has 5 heteroatoms. The number of amides is 1. The SMILES string of the molecule is CC1=NN(c2ccccc2)C(=O)C1n1cc2ccccc2n1. The van der Waals surface area contributed by atoms with E-state index < -0.39 is 6.04 Å². The van der Waals surface area contributed by atoms with E-state index in [1.54, 1.807) is 4.68 Å². The maximum atomic E-state index is 12.7. The zero-order valence-electron chi connectivity index (χ0n) is 12.0. The van der Waals surface area contributed by atoms with E-state index in [1.165, 1.54) is 5.01 Å². The maximum absolute atomic E-state index is 12.7. The van der Waals surface area contributed by atoms with Crippen molar-refractivity contribution in [2.75, 3.05) is 5.01 Å². The molecule has 1 unspecified atom stereocenters. The van der Waals surface area contributed by atoms with Crippen molar-refractivity contribution < 1.29 is 4.79 Å². The highest BCUT2D eigenvalue weighted by molar-refractivity contribution is 6.16. The molecule has 22 heavy (non-hydrogen) atoms. The van der Waals surface area contributed by atoms with Gasteiger partial charge < -0.3 is 0 Å². The Balaban J connectivity index is 1.74. The fourth-order valence-corrected chi connectivity index (χ4v) is 2.73. The van der Waals surface area contributed by atoms with Crippen LogP contribution in [0.25, 0.3) is 10.9 Å². The first-order chi connectivity index (χ1) is 10.7. The normalized spacial score (nSPS) is 18.0. The fraction of sp³-hybridized carbons (Fsp3) is 0.118. The number of hydrazone groups is 1. The first kappa shape index (κ1) is 12.8. The number of anilines is 1. The van der Waals surface area contributed by atoms with Crippen molar-refractivity contribution in [3.8, 4) is 0 Å². The van der Waals surface area contributed by atoms with Crippen molar-refractivity contribution >= 4 is 28.2 Å². The molecule has 5 nitrogen and oxygen atoms in total. The van der Waals surface area contributed by atoms with E-state index in [4.69, 9.17) is 0 Å². The lowest BCUT2D eigenvalue weighted by atomic mass is 10.2. The Morgan fingerprint density at radius 2 is 1.73 bits per heavy atom. The number of aromatic nitrogens is 2. The highest BCUT2D eigenvalue weighted by Gasteiger charge is 2.36. The van der Waals surface area contributed by atoms with Gasteiger partial charge in [0.15, 0.2) is 6.04 Å². The van der Waals surface area contributed by atoms with Gasteiger partial charge in [-0.2, -0.15) is 15.2 Å². The van der Waals surface area contributed by atoms with Gasteiger partial charge in [-0.15, -0.1) is 0 Å². The Hall–Kier alpha value is -2.95. The van der Waals surface area contributed by atoms with Gasteiger partial charge >= 0.3 is 0 Å². The van der Waals surface area contributed by atoms with Crippen LogP contribution in [0, 0.1) is 0 Å². The summed E-state index contributed by atoms with van der Waals surface area (Å²) in [7, 11) is 0.